The van der Waals surface area contributed by atoms with Crippen molar-refractivity contribution in [1.29, 1.82) is 0 Å². The van der Waals surface area contributed by atoms with Crippen molar-refractivity contribution in [1.82, 2.24) is 19.5 Å². The van der Waals surface area contributed by atoms with Gasteiger partial charge in [0.15, 0.2) is 5.82 Å². The van der Waals surface area contributed by atoms with E-state index < -0.39 is 0 Å². The Balaban J connectivity index is 1.60. The van der Waals surface area contributed by atoms with E-state index in [0.717, 1.165) is 54.4 Å². The Morgan fingerprint density at radius 2 is 1.84 bits per heavy atom. The number of hydrogen-bond donors (Lipinski definition) is 1. The van der Waals surface area contributed by atoms with Crippen LogP contribution < -0.4 is 15.1 Å². The molecule has 0 fully saturated rings. The summed E-state index contributed by atoms with van der Waals surface area (Å²) >= 11 is 0. The minimum atomic E-state index is -0.173. The lowest BCUT2D eigenvalue weighted by atomic mass is 10.0. The first-order chi connectivity index (χ1) is 15.5. The van der Waals surface area contributed by atoms with E-state index in [1.165, 1.54) is 0 Å². The van der Waals surface area contributed by atoms with Crippen LogP contribution in [0.1, 0.15) is 45.7 Å². The number of fused-ring (bicyclic) bond motifs is 1. The second-order valence-corrected chi connectivity index (χ2v) is 8.02. The molecule has 4 rings (SSSR count). The van der Waals surface area contributed by atoms with E-state index >= 15 is 0 Å². The standard InChI is InChI=1S/C24H31N7O/c1-5-8-9-20-23(32)31(7-3)21-14-25-24(28-22(21)30(20)6-2)27-18-10-12-19(13-11-18)29-15-17(4)26-16-29/h10-16,20H,5-9H2,1-4H3,(H,25,27,28). The van der Waals surface area contributed by atoms with Crippen molar-refractivity contribution < 1.29 is 4.79 Å². The van der Waals surface area contributed by atoms with Gasteiger partial charge in [-0.2, -0.15) is 4.98 Å². The molecule has 0 saturated heterocycles. The molecule has 0 bridgehead atoms. The van der Waals surface area contributed by atoms with Gasteiger partial charge < -0.3 is 19.7 Å². The summed E-state index contributed by atoms with van der Waals surface area (Å²) in [6, 6.07) is 7.87. The molecule has 0 radical (unpaired) electrons. The minimum absolute atomic E-state index is 0.143. The van der Waals surface area contributed by atoms with Crippen LogP contribution >= 0.6 is 0 Å². The number of aromatic nitrogens is 4. The Kier molecular flexibility index (Phi) is 6.39. The molecular formula is C24H31N7O. The van der Waals surface area contributed by atoms with E-state index in [2.05, 4.69) is 34.0 Å². The van der Waals surface area contributed by atoms with E-state index in [4.69, 9.17) is 4.98 Å². The van der Waals surface area contributed by atoms with E-state index in [9.17, 15) is 4.79 Å². The molecule has 2 aromatic heterocycles. The monoisotopic (exact) mass is 433 g/mol. The van der Waals surface area contributed by atoms with Crippen LogP contribution in [-0.2, 0) is 4.79 Å². The number of amides is 1. The van der Waals surface area contributed by atoms with E-state index in [1.54, 1.807) is 12.5 Å². The quantitative estimate of drug-likeness (QED) is 0.565. The van der Waals surface area contributed by atoms with Crippen LogP contribution in [0.5, 0.6) is 0 Å². The normalized spacial score (nSPS) is 15.8. The number of nitrogens with one attached hydrogen (secondary N) is 1. The molecule has 32 heavy (non-hydrogen) atoms. The molecule has 1 amide bonds. The highest BCUT2D eigenvalue weighted by Crippen LogP contribution is 2.36. The summed E-state index contributed by atoms with van der Waals surface area (Å²) in [4.78, 5) is 30.7. The molecule has 0 spiro atoms. The number of anilines is 4. The zero-order chi connectivity index (χ0) is 22.7. The van der Waals surface area contributed by atoms with Gasteiger partial charge in [-0.3, -0.25) is 4.79 Å². The van der Waals surface area contributed by atoms with E-state index in [1.807, 2.05) is 53.8 Å². The van der Waals surface area contributed by atoms with Crippen molar-refractivity contribution in [2.75, 3.05) is 28.2 Å². The number of carbonyl (C=O) groups is 1. The Morgan fingerprint density at radius 3 is 2.47 bits per heavy atom. The van der Waals surface area contributed by atoms with Crippen LogP contribution in [0.2, 0.25) is 0 Å². The number of rotatable bonds is 8. The first kappa shape index (κ1) is 21.8. The molecule has 3 aromatic rings. The fourth-order valence-electron chi connectivity index (χ4n) is 4.19. The van der Waals surface area contributed by atoms with Crippen LogP contribution in [0.4, 0.5) is 23.1 Å². The molecule has 1 aromatic carbocycles. The number of nitrogens with zero attached hydrogens (tertiary/aromatic N) is 6. The Hall–Kier alpha value is -3.42. The average Bonchev–Trinajstić information content (AvgIpc) is 3.24. The fourth-order valence-corrected chi connectivity index (χ4v) is 4.19. The van der Waals surface area contributed by atoms with E-state index in [-0.39, 0.29) is 11.9 Å². The van der Waals surface area contributed by atoms with Crippen molar-refractivity contribution in [3.63, 3.8) is 0 Å². The maximum absolute atomic E-state index is 13.1. The van der Waals surface area contributed by atoms with Crippen molar-refractivity contribution in [3.05, 3.63) is 48.7 Å². The molecule has 1 unspecified atom stereocenters. The fraction of sp³-hybridized carbons (Fsp3) is 0.417. The highest BCUT2D eigenvalue weighted by atomic mass is 16.2. The molecule has 1 aliphatic rings. The van der Waals surface area contributed by atoms with Crippen molar-refractivity contribution in [2.24, 2.45) is 0 Å². The topological polar surface area (TPSA) is 79.2 Å². The molecule has 8 nitrogen and oxygen atoms in total. The lowest BCUT2D eigenvalue weighted by molar-refractivity contribution is -0.120. The Labute approximate surface area is 189 Å². The second-order valence-electron chi connectivity index (χ2n) is 8.02. The highest BCUT2D eigenvalue weighted by molar-refractivity contribution is 6.04. The molecule has 8 heteroatoms. The number of likely N-dealkylation sites (N-methyl/N-ethyl adjacent to an activating group) is 2. The predicted molar refractivity (Wildman–Crippen MR) is 128 cm³/mol. The van der Waals surface area contributed by atoms with Crippen molar-refractivity contribution in [2.45, 2.75) is 53.0 Å². The zero-order valence-electron chi connectivity index (χ0n) is 19.2. The third-order valence-electron chi connectivity index (χ3n) is 5.86. The number of unbranched alkanes of at least 4 members (excludes halogenated alkanes) is 1. The van der Waals surface area contributed by atoms with Gasteiger partial charge in [0.1, 0.15) is 11.7 Å². The van der Waals surface area contributed by atoms with Crippen LogP contribution in [0.3, 0.4) is 0 Å². The predicted octanol–water partition coefficient (Wildman–Crippen LogP) is 4.47. The molecule has 0 aliphatic carbocycles. The SMILES string of the molecule is CCCCC1C(=O)N(CC)c2cnc(Nc3ccc(-n4cnc(C)c4)cc3)nc2N1CC. The van der Waals surface area contributed by atoms with Crippen molar-refractivity contribution in [3.8, 4) is 5.69 Å². The summed E-state index contributed by atoms with van der Waals surface area (Å²) in [6.07, 6.45) is 8.46. The van der Waals surface area contributed by atoms with E-state index in [0.29, 0.717) is 12.5 Å². The summed E-state index contributed by atoms with van der Waals surface area (Å²) in [5.41, 5.74) is 3.70. The van der Waals surface area contributed by atoms with Gasteiger partial charge >= 0.3 is 0 Å². The van der Waals surface area contributed by atoms with Gasteiger partial charge in [-0.1, -0.05) is 19.8 Å². The molecular weight excluding hydrogens is 402 g/mol. The van der Waals surface area contributed by atoms with Crippen molar-refractivity contribution >= 4 is 29.0 Å². The maximum Gasteiger partial charge on any atom is 0.249 e. The number of hydrogen-bond acceptors (Lipinski definition) is 6. The maximum atomic E-state index is 13.1. The second kappa shape index (κ2) is 9.38. The lowest BCUT2D eigenvalue weighted by Crippen LogP contribution is -2.54. The number of aryl methyl sites for hydroxylation is 1. The highest BCUT2D eigenvalue weighted by Gasteiger charge is 2.37. The van der Waals surface area contributed by atoms with Gasteiger partial charge in [0, 0.05) is 30.7 Å². The molecule has 1 aliphatic heterocycles. The van der Waals surface area contributed by atoms with Gasteiger partial charge in [0.2, 0.25) is 11.9 Å². The molecule has 3 heterocycles. The Morgan fingerprint density at radius 1 is 1.06 bits per heavy atom. The lowest BCUT2D eigenvalue weighted by Gasteiger charge is -2.41. The first-order valence-electron chi connectivity index (χ1n) is 11.4. The largest absolute Gasteiger partial charge is 0.343 e. The minimum Gasteiger partial charge on any atom is -0.343 e. The van der Waals surface area contributed by atoms with Gasteiger partial charge in [-0.15, -0.1) is 0 Å². The summed E-state index contributed by atoms with van der Waals surface area (Å²) in [5, 5.41) is 3.31. The first-order valence-corrected chi connectivity index (χ1v) is 11.4. The molecule has 168 valence electrons. The Bertz CT molecular complexity index is 1080. The molecule has 1 atom stereocenters. The number of carbonyl (C=O) groups excluding carboxylic acids is 1. The van der Waals surface area contributed by atoms with Gasteiger partial charge in [-0.05, 0) is 51.5 Å². The summed E-state index contributed by atoms with van der Waals surface area (Å²) in [7, 11) is 0. The van der Waals surface area contributed by atoms with Gasteiger partial charge in [-0.25, -0.2) is 9.97 Å². The summed E-state index contributed by atoms with van der Waals surface area (Å²) < 4.78 is 1.99. The summed E-state index contributed by atoms with van der Waals surface area (Å²) in [5.74, 6) is 1.48. The molecule has 1 N–H and O–H groups in total. The third kappa shape index (κ3) is 4.17. The average molecular weight is 434 g/mol. The van der Waals surface area contributed by atoms with Gasteiger partial charge in [0.25, 0.3) is 0 Å². The number of imidazole rings is 1. The molecule has 0 saturated carbocycles. The van der Waals surface area contributed by atoms with Crippen LogP contribution in [0.15, 0.2) is 43.0 Å². The smallest absolute Gasteiger partial charge is 0.249 e. The zero-order valence-corrected chi connectivity index (χ0v) is 19.2. The number of benzene rings is 1. The van der Waals surface area contributed by atoms with Crippen LogP contribution in [0, 0.1) is 6.92 Å². The van der Waals surface area contributed by atoms with Crippen LogP contribution in [0.25, 0.3) is 5.69 Å². The third-order valence-corrected chi connectivity index (χ3v) is 5.86. The van der Waals surface area contributed by atoms with Crippen LogP contribution in [-0.4, -0.2) is 44.6 Å². The summed E-state index contributed by atoms with van der Waals surface area (Å²) in [6.45, 7) is 9.52. The van der Waals surface area contributed by atoms with Gasteiger partial charge in [0.05, 0.1) is 18.2 Å².